The van der Waals surface area contributed by atoms with Crippen molar-refractivity contribution in [3.8, 4) is 11.5 Å². The summed E-state index contributed by atoms with van der Waals surface area (Å²) in [6.07, 6.45) is 1.47. The first-order valence-corrected chi connectivity index (χ1v) is 10.4. The molecule has 0 aliphatic carbocycles. The van der Waals surface area contributed by atoms with Gasteiger partial charge in [-0.15, -0.1) is 0 Å². The van der Waals surface area contributed by atoms with Gasteiger partial charge < -0.3 is 9.47 Å². The molecule has 0 saturated carbocycles. The molecule has 0 aliphatic heterocycles. The Morgan fingerprint density at radius 1 is 1.22 bits per heavy atom. The van der Waals surface area contributed by atoms with Gasteiger partial charge in [-0.2, -0.15) is 10.2 Å². The number of nitrogens with zero attached hydrogens (tertiary/aromatic N) is 2. The van der Waals surface area contributed by atoms with Crippen LogP contribution >= 0.6 is 11.8 Å². The molecule has 0 radical (unpaired) electrons. The van der Waals surface area contributed by atoms with E-state index in [1.165, 1.54) is 13.3 Å². The van der Waals surface area contributed by atoms with Gasteiger partial charge in [0.1, 0.15) is 5.25 Å². The highest BCUT2D eigenvalue weighted by Gasteiger charge is 2.24. The smallest absolute Gasteiger partial charge is 0.342 e. The Hall–Kier alpha value is -3.86. The third-order valence-corrected chi connectivity index (χ3v) is 5.35. The lowest BCUT2D eigenvalue weighted by Gasteiger charge is -2.14. The molecule has 1 atom stereocenters. The first-order chi connectivity index (χ1) is 15.5. The van der Waals surface area contributed by atoms with Crippen LogP contribution in [0.2, 0.25) is 0 Å². The standard InChI is InChI=1S/C21H21N5O5S/c1-3-31-15-10-9-13(11-16(15)30-2)12-22-24-18(27)17(14-7-5-4-6-8-14)32-20-19(28)23-21(29)26-25-20/h4-12,17H,3H2,1-2H3,(H,24,27)(H2,23,26,28,29)/b22-12-. The third-order valence-electron chi connectivity index (χ3n) is 4.13. The van der Waals surface area contributed by atoms with E-state index in [9.17, 15) is 14.4 Å². The molecule has 3 aromatic rings. The third kappa shape index (κ3) is 5.85. The highest BCUT2D eigenvalue weighted by atomic mass is 32.2. The molecule has 3 N–H and O–H groups in total. The number of nitrogens with one attached hydrogen (secondary N) is 3. The Bertz CT molecular complexity index is 1210. The van der Waals surface area contributed by atoms with Crippen LogP contribution < -0.4 is 26.1 Å². The van der Waals surface area contributed by atoms with Gasteiger partial charge in [-0.25, -0.2) is 15.3 Å². The van der Waals surface area contributed by atoms with Crippen molar-refractivity contribution in [2.45, 2.75) is 17.2 Å². The van der Waals surface area contributed by atoms with E-state index in [0.29, 0.717) is 29.2 Å². The minimum absolute atomic E-state index is 0.0474. The molecular formula is C21H21N5O5S. The van der Waals surface area contributed by atoms with E-state index in [1.807, 2.05) is 13.0 Å². The van der Waals surface area contributed by atoms with E-state index in [1.54, 1.807) is 42.5 Å². The summed E-state index contributed by atoms with van der Waals surface area (Å²) in [5, 5.41) is 9.03. The topological polar surface area (TPSA) is 139 Å². The molecule has 0 aliphatic rings. The zero-order valence-electron chi connectivity index (χ0n) is 17.3. The van der Waals surface area contributed by atoms with Crippen LogP contribution in [-0.4, -0.2) is 41.0 Å². The van der Waals surface area contributed by atoms with Gasteiger partial charge in [-0.1, -0.05) is 42.1 Å². The summed E-state index contributed by atoms with van der Waals surface area (Å²) in [6.45, 7) is 2.38. The lowest BCUT2D eigenvalue weighted by molar-refractivity contribution is -0.120. The normalized spacial score (nSPS) is 11.8. The Morgan fingerprint density at radius 3 is 2.69 bits per heavy atom. The maximum Gasteiger partial charge on any atom is 0.342 e. The van der Waals surface area contributed by atoms with Gasteiger partial charge in [-0.05, 0) is 36.2 Å². The Kier molecular flexibility index (Phi) is 7.81. The van der Waals surface area contributed by atoms with E-state index in [2.05, 4.69) is 25.7 Å². The van der Waals surface area contributed by atoms with E-state index in [-0.39, 0.29) is 5.03 Å². The quantitative estimate of drug-likeness (QED) is 0.254. The lowest BCUT2D eigenvalue weighted by atomic mass is 10.1. The molecule has 0 saturated heterocycles. The van der Waals surface area contributed by atoms with Crippen LogP contribution in [0.1, 0.15) is 23.3 Å². The Labute approximate surface area is 187 Å². The van der Waals surface area contributed by atoms with Gasteiger partial charge in [0.05, 0.1) is 19.9 Å². The minimum Gasteiger partial charge on any atom is -0.493 e. The van der Waals surface area contributed by atoms with E-state index in [0.717, 1.165) is 11.8 Å². The largest absolute Gasteiger partial charge is 0.493 e. The Morgan fingerprint density at radius 2 is 2.00 bits per heavy atom. The van der Waals surface area contributed by atoms with Gasteiger partial charge in [0.2, 0.25) is 0 Å². The lowest BCUT2D eigenvalue weighted by Crippen LogP contribution is -2.28. The van der Waals surface area contributed by atoms with Gasteiger partial charge in [-0.3, -0.25) is 14.6 Å². The molecule has 0 fully saturated rings. The molecule has 0 bridgehead atoms. The van der Waals surface area contributed by atoms with Gasteiger partial charge in [0, 0.05) is 0 Å². The van der Waals surface area contributed by atoms with Crippen LogP contribution in [0.4, 0.5) is 0 Å². The van der Waals surface area contributed by atoms with E-state index < -0.39 is 22.4 Å². The molecule has 1 aromatic heterocycles. The van der Waals surface area contributed by atoms with Crippen molar-refractivity contribution in [3.63, 3.8) is 0 Å². The number of hydrogen-bond acceptors (Lipinski definition) is 8. The number of thioether (sulfide) groups is 1. The van der Waals surface area contributed by atoms with Crippen molar-refractivity contribution in [2.75, 3.05) is 13.7 Å². The molecule has 0 spiro atoms. The summed E-state index contributed by atoms with van der Waals surface area (Å²) < 4.78 is 10.8. The van der Waals surface area contributed by atoms with Gasteiger partial charge in [0.15, 0.2) is 16.5 Å². The van der Waals surface area contributed by atoms with Crippen LogP contribution in [0.5, 0.6) is 11.5 Å². The first-order valence-electron chi connectivity index (χ1n) is 9.56. The summed E-state index contributed by atoms with van der Waals surface area (Å²) in [4.78, 5) is 38.2. The summed E-state index contributed by atoms with van der Waals surface area (Å²) in [5.74, 6) is 0.682. The average molecular weight is 455 g/mol. The number of aromatic amines is 2. The molecular weight excluding hydrogens is 434 g/mol. The molecule has 2 aromatic carbocycles. The predicted molar refractivity (Wildman–Crippen MR) is 120 cm³/mol. The molecule has 10 nitrogen and oxygen atoms in total. The molecule has 3 rings (SSSR count). The SMILES string of the molecule is CCOc1ccc(/C=N\NC(=O)C(Sc2n[nH]c(=O)[nH]c2=O)c2ccccc2)cc1OC. The number of H-pyrrole nitrogens is 2. The minimum atomic E-state index is -0.831. The second-order valence-electron chi connectivity index (χ2n) is 6.30. The molecule has 1 heterocycles. The number of aromatic nitrogens is 3. The maximum absolute atomic E-state index is 12.9. The van der Waals surface area contributed by atoms with Crippen molar-refractivity contribution >= 4 is 23.9 Å². The summed E-state index contributed by atoms with van der Waals surface area (Å²) in [7, 11) is 1.54. The molecule has 1 unspecified atom stereocenters. The van der Waals surface area contributed by atoms with Crippen LogP contribution in [0, 0.1) is 0 Å². The zero-order valence-corrected chi connectivity index (χ0v) is 18.1. The highest BCUT2D eigenvalue weighted by molar-refractivity contribution is 8.00. The van der Waals surface area contributed by atoms with Crippen LogP contribution in [0.3, 0.4) is 0 Å². The fourth-order valence-corrected chi connectivity index (χ4v) is 3.63. The van der Waals surface area contributed by atoms with Gasteiger partial charge in [0.25, 0.3) is 11.5 Å². The Balaban J connectivity index is 1.78. The maximum atomic E-state index is 12.9. The molecule has 1 amide bonds. The first kappa shape index (κ1) is 22.8. The van der Waals surface area contributed by atoms with Crippen LogP contribution in [-0.2, 0) is 4.79 Å². The van der Waals surface area contributed by atoms with Crippen molar-refractivity contribution in [2.24, 2.45) is 5.10 Å². The predicted octanol–water partition coefficient (Wildman–Crippen LogP) is 1.85. The highest BCUT2D eigenvalue weighted by Crippen LogP contribution is 2.32. The number of methoxy groups -OCH3 is 1. The summed E-state index contributed by atoms with van der Waals surface area (Å²) in [5.41, 5.74) is 2.40. The second kappa shape index (κ2) is 11.0. The second-order valence-corrected chi connectivity index (χ2v) is 7.39. The van der Waals surface area contributed by atoms with Crippen molar-refractivity contribution in [1.29, 1.82) is 0 Å². The number of amides is 1. The van der Waals surface area contributed by atoms with Crippen LogP contribution in [0.15, 0.2) is 68.2 Å². The van der Waals surface area contributed by atoms with E-state index >= 15 is 0 Å². The molecule has 32 heavy (non-hydrogen) atoms. The number of ether oxygens (including phenoxy) is 2. The molecule has 166 valence electrons. The molecule has 11 heteroatoms. The van der Waals surface area contributed by atoms with E-state index in [4.69, 9.17) is 9.47 Å². The number of carbonyl (C=O) groups excluding carboxylic acids is 1. The fraction of sp³-hybridized carbons (Fsp3) is 0.190. The van der Waals surface area contributed by atoms with Crippen LogP contribution in [0.25, 0.3) is 0 Å². The van der Waals surface area contributed by atoms with Crippen molar-refractivity contribution in [1.82, 2.24) is 20.6 Å². The summed E-state index contributed by atoms with van der Waals surface area (Å²) >= 11 is 0.898. The van der Waals surface area contributed by atoms with Crippen molar-refractivity contribution in [3.05, 3.63) is 80.5 Å². The van der Waals surface area contributed by atoms with Crippen molar-refractivity contribution < 1.29 is 14.3 Å². The summed E-state index contributed by atoms with van der Waals surface area (Å²) in [6, 6.07) is 14.1. The average Bonchev–Trinajstić information content (AvgIpc) is 2.80. The number of rotatable bonds is 9. The monoisotopic (exact) mass is 455 g/mol. The zero-order chi connectivity index (χ0) is 22.9. The number of hydrogen-bond donors (Lipinski definition) is 3. The number of carbonyl (C=O) groups is 1. The number of hydrazone groups is 1. The van der Waals surface area contributed by atoms with Gasteiger partial charge >= 0.3 is 5.69 Å². The fourth-order valence-electron chi connectivity index (χ4n) is 2.70. The number of benzene rings is 2.